The van der Waals surface area contributed by atoms with Crippen molar-refractivity contribution in [1.82, 2.24) is 19.5 Å². The van der Waals surface area contributed by atoms with E-state index in [1.807, 2.05) is 49.4 Å². The van der Waals surface area contributed by atoms with Crippen LogP contribution in [0.15, 0.2) is 42.5 Å². The first-order chi connectivity index (χ1) is 17.5. The molecule has 0 bridgehead atoms. The largest absolute Gasteiger partial charge is 0.490 e. The molecule has 0 spiro atoms. The molecule has 8 nitrogen and oxygen atoms in total. The second-order valence-corrected chi connectivity index (χ2v) is 9.61. The van der Waals surface area contributed by atoms with E-state index in [1.54, 1.807) is 0 Å². The number of aromatic nitrogens is 4. The minimum Gasteiger partial charge on any atom is -0.490 e. The minimum absolute atomic E-state index is 0.0664. The van der Waals surface area contributed by atoms with Crippen LogP contribution in [0.5, 0.6) is 5.75 Å². The van der Waals surface area contributed by atoms with Gasteiger partial charge in [-0.25, -0.2) is 4.98 Å². The number of anilines is 1. The second-order valence-electron chi connectivity index (χ2n) is 9.17. The van der Waals surface area contributed by atoms with Gasteiger partial charge in [-0.15, -0.1) is 0 Å². The van der Waals surface area contributed by atoms with Crippen LogP contribution in [0.4, 0.5) is 5.82 Å². The summed E-state index contributed by atoms with van der Waals surface area (Å²) in [6.07, 6.45) is 2.36. The van der Waals surface area contributed by atoms with E-state index in [-0.39, 0.29) is 25.1 Å². The van der Waals surface area contributed by atoms with E-state index < -0.39 is 0 Å². The second kappa shape index (κ2) is 10.1. The summed E-state index contributed by atoms with van der Waals surface area (Å²) in [6, 6.07) is 15.8. The van der Waals surface area contributed by atoms with Gasteiger partial charge in [-0.2, -0.15) is 15.2 Å². The van der Waals surface area contributed by atoms with E-state index in [4.69, 9.17) is 21.3 Å². The molecule has 184 valence electrons. The Hall–Kier alpha value is -3.67. The molecule has 1 fully saturated rings. The fourth-order valence-corrected chi connectivity index (χ4v) is 4.47. The molecule has 1 saturated carbocycles. The quantitative estimate of drug-likeness (QED) is 0.333. The van der Waals surface area contributed by atoms with E-state index >= 15 is 0 Å². The molecule has 1 aliphatic rings. The number of aliphatic hydroxyl groups excluding tert-OH is 1. The van der Waals surface area contributed by atoms with Crippen molar-refractivity contribution in [2.24, 2.45) is 5.92 Å². The highest BCUT2D eigenvalue weighted by Crippen LogP contribution is 2.37. The van der Waals surface area contributed by atoms with Gasteiger partial charge >= 0.3 is 0 Å². The Morgan fingerprint density at radius 3 is 2.67 bits per heavy atom. The lowest BCUT2D eigenvalue weighted by Gasteiger charge is -2.17. The predicted molar refractivity (Wildman–Crippen MR) is 139 cm³/mol. The number of halogens is 1. The van der Waals surface area contributed by atoms with Crippen molar-refractivity contribution in [3.05, 3.63) is 64.4 Å². The van der Waals surface area contributed by atoms with Crippen molar-refractivity contribution in [2.75, 3.05) is 18.5 Å². The van der Waals surface area contributed by atoms with E-state index in [0.717, 1.165) is 22.2 Å². The van der Waals surface area contributed by atoms with E-state index in [9.17, 15) is 10.4 Å². The highest BCUT2D eigenvalue weighted by atomic mass is 35.5. The summed E-state index contributed by atoms with van der Waals surface area (Å²) < 4.78 is 7.93. The number of fused-ring (bicyclic) bond motifs is 1. The smallest absolute Gasteiger partial charge is 0.236 e. The lowest BCUT2D eigenvalue weighted by Crippen LogP contribution is -2.19. The predicted octanol–water partition coefficient (Wildman–Crippen LogP) is 4.96. The summed E-state index contributed by atoms with van der Waals surface area (Å²) in [6.45, 7) is 4.69. The van der Waals surface area contributed by atoms with Crippen LogP contribution in [0.25, 0.3) is 22.6 Å². The standard InChI is InChI=1S/C27H27ClN6O2/c1-16-3-10-22(36-12-11-35)21(13-16)27-33-26-24(34(27)15-18-4-8-20(28)9-5-18)25(31-23(14-29)32-26)30-17(2)19-6-7-19/h3-5,8-10,13,17,19,35H,6-7,11-12,15H2,1-2H3,(H,30,31,32). The number of hydrogen-bond donors (Lipinski definition) is 2. The third-order valence-corrected chi connectivity index (χ3v) is 6.63. The molecule has 9 heteroatoms. The summed E-state index contributed by atoms with van der Waals surface area (Å²) in [4.78, 5) is 13.9. The zero-order valence-corrected chi connectivity index (χ0v) is 21.0. The first-order valence-electron chi connectivity index (χ1n) is 12.0. The molecule has 0 aliphatic heterocycles. The molecule has 36 heavy (non-hydrogen) atoms. The molecule has 1 atom stereocenters. The molecule has 2 aromatic heterocycles. The van der Waals surface area contributed by atoms with Crippen molar-refractivity contribution in [1.29, 1.82) is 5.26 Å². The summed E-state index contributed by atoms with van der Waals surface area (Å²) in [5.74, 6) is 2.49. The van der Waals surface area contributed by atoms with Gasteiger partial charge in [0.1, 0.15) is 29.8 Å². The average molecular weight is 503 g/mol. The number of hydrogen-bond acceptors (Lipinski definition) is 7. The Morgan fingerprint density at radius 1 is 1.19 bits per heavy atom. The molecule has 0 saturated heterocycles. The molecule has 5 rings (SSSR count). The molecule has 0 amide bonds. The van der Waals surface area contributed by atoms with Crippen LogP contribution in [-0.2, 0) is 6.54 Å². The Balaban J connectivity index is 1.73. The van der Waals surface area contributed by atoms with Gasteiger partial charge in [-0.1, -0.05) is 35.4 Å². The summed E-state index contributed by atoms with van der Waals surface area (Å²) in [5, 5.41) is 23.2. The molecule has 1 aliphatic carbocycles. The van der Waals surface area contributed by atoms with Crippen LogP contribution in [0.2, 0.25) is 5.02 Å². The van der Waals surface area contributed by atoms with Gasteiger partial charge in [0.05, 0.1) is 12.2 Å². The summed E-state index contributed by atoms with van der Waals surface area (Å²) in [5.41, 5.74) is 3.99. The number of nitrogens with zero attached hydrogens (tertiary/aromatic N) is 5. The highest BCUT2D eigenvalue weighted by Gasteiger charge is 2.30. The zero-order valence-electron chi connectivity index (χ0n) is 20.2. The van der Waals surface area contributed by atoms with Crippen LogP contribution in [0.3, 0.4) is 0 Å². The van der Waals surface area contributed by atoms with Gasteiger partial charge < -0.3 is 19.7 Å². The van der Waals surface area contributed by atoms with Crippen molar-refractivity contribution >= 4 is 28.6 Å². The van der Waals surface area contributed by atoms with Gasteiger partial charge in [0.2, 0.25) is 5.82 Å². The third-order valence-electron chi connectivity index (χ3n) is 6.38. The molecule has 2 N–H and O–H groups in total. The van der Waals surface area contributed by atoms with Crippen molar-refractivity contribution in [2.45, 2.75) is 39.3 Å². The van der Waals surface area contributed by atoms with Gasteiger partial charge in [-0.3, -0.25) is 0 Å². The SMILES string of the molecule is Cc1ccc(OCCO)c(-c2nc3nc(C#N)nc(NC(C)C4CC4)c3n2Cc2ccc(Cl)cc2)c1. The minimum atomic E-state index is -0.0986. The molecule has 0 radical (unpaired) electrons. The van der Waals surface area contributed by atoms with E-state index in [2.05, 4.69) is 32.8 Å². The van der Waals surface area contributed by atoms with E-state index in [1.165, 1.54) is 12.8 Å². The maximum absolute atomic E-state index is 9.62. The fourth-order valence-electron chi connectivity index (χ4n) is 4.35. The highest BCUT2D eigenvalue weighted by molar-refractivity contribution is 6.30. The van der Waals surface area contributed by atoms with Gasteiger partial charge in [-0.05, 0) is 62.4 Å². The molecule has 4 aromatic rings. The number of aliphatic hydroxyl groups is 1. The Morgan fingerprint density at radius 2 is 1.97 bits per heavy atom. The van der Waals surface area contributed by atoms with Gasteiger partial charge in [0, 0.05) is 17.6 Å². The first kappa shape index (κ1) is 24.0. The number of ether oxygens (including phenoxy) is 1. The van der Waals surface area contributed by atoms with Gasteiger partial charge in [0.15, 0.2) is 11.5 Å². The summed E-state index contributed by atoms with van der Waals surface area (Å²) in [7, 11) is 0. The van der Waals surface area contributed by atoms with Crippen molar-refractivity contribution in [3.8, 4) is 23.2 Å². The molecule has 1 unspecified atom stereocenters. The maximum atomic E-state index is 9.62. The number of benzene rings is 2. The Labute approximate surface area is 214 Å². The number of aryl methyl sites for hydroxylation is 1. The topological polar surface area (TPSA) is 109 Å². The summed E-state index contributed by atoms with van der Waals surface area (Å²) >= 11 is 6.14. The molecular weight excluding hydrogens is 476 g/mol. The van der Waals surface area contributed by atoms with Crippen molar-refractivity contribution < 1.29 is 9.84 Å². The maximum Gasteiger partial charge on any atom is 0.236 e. The normalized spacial score (nSPS) is 14.0. The Kier molecular flexibility index (Phi) is 6.77. The average Bonchev–Trinajstić information content (AvgIpc) is 3.67. The number of nitriles is 1. The van der Waals surface area contributed by atoms with Crippen LogP contribution in [0, 0.1) is 24.2 Å². The monoisotopic (exact) mass is 502 g/mol. The molecule has 2 aromatic carbocycles. The Bertz CT molecular complexity index is 1440. The number of rotatable bonds is 9. The third kappa shape index (κ3) is 4.99. The van der Waals surface area contributed by atoms with Crippen LogP contribution in [0.1, 0.15) is 36.7 Å². The zero-order chi connectivity index (χ0) is 25.2. The van der Waals surface area contributed by atoms with Crippen LogP contribution in [-0.4, -0.2) is 43.9 Å². The number of imidazole rings is 1. The van der Waals surface area contributed by atoms with Gasteiger partial charge in [0.25, 0.3) is 0 Å². The van der Waals surface area contributed by atoms with Crippen LogP contribution < -0.4 is 10.1 Å². The molecule has 2 heterocycles. The molecular formula is C27H27ClN6O2. The first-order valence-corrected chi connectivity index (χ1v) is 12.4. The number of nitrogens with one attached hydrogen (secondary N) is 1. The van der Waals surface area contributed by atoms with E-state index in [0.29, 0.717) is 40.5 Å². The fraction of sp³-hybridized carbons (Fsp3) is 0.333. The lowest BCUT2D eigenvalue weighted by molar-refractivity contribution is 0.202. The van der Waals surface area contributed by atoms with Crippen LogP contribution >= 0.6 is 11.6 Å². The van der Waals surface area contributed by atoms with Crippen molar-refractivity contribution in [3.63, 3.8) is 0 Å². The lowest BCUT2D eigenvalue weighted by atomic mass is 10.1.